The molecule has 1 aliphatic rings. The second-order valence-corrected chi connectivity index (χ2v) is 5.34. The second-order valence-electron chi connectivity index (χ2n) is 5.34. The number of rotatable bonds is 3. The summed E-state index contributed by atoms with van der Waals surface area (Å²) in [5, 5.41) is 20.4. The number of nitrogens with one attached hydrogen (secondary N) is 1. The molecule has 0 unspecified atom stereocenters. The van der Waals surface area contributed by atoms with E-state index in [0.29, 0.717) is 5.92 Å². The normalized spacial score (nSPS) is 20.1. The van der Waals surface area contributed by atoms with Gasteiger partial charge in [0.2, 0.25) is 0 Å². The molecule has 1 heterocycles. The number of nitrogens with zero attached hydrogens (tertiary/aromatic N) is 2. The Morgan fingerprint density at radius 3 is 2.80 bits per heavy atom. The molecule has 4 nitrogen and oxygen atoms in total. The molecule has 0 saturated heterocycles. The Balaban J connectivity index is 1.96. The highest BCUT2D eigenvalue weighted by atomic mass is 16.4. The monoisotopic (exact) mass is 269 g/mol. The number of oxime groups is 1. The molecule has 1 atom stereocenters. The number of aryl methyl sites for hydroxylation is 1. The predicted octanol–water partition coefficient (Wildman–Crippen LogP) is 3.27. The van der Waals surface area contributed by atoms with E-state index >= 15 is 0 Å². The van der Waals surface area contributed by atoms with Crippen molar-refractivity contribution in [1.29, 1.82) is 0 Å². The Kier molecular flexibility index (Phi) is 3.54. The molecule has 0 aliphatic heterocycles. The van der Waals surface area contributed by atoms with Crippen molar-refractivity contribution in [2.24, 2.45) is 5.16 Å². The van der Waals surface area contributed by atoms with Crippen molar-refractivity contribution in [3.8, 4) is 0 Å². The second kappa shape index (κ2) is 5.49. The van der Waals surface area contributed by atoms with Crippen LogP contribution >= 0.6 is 0 Å². The molecule has 1 aromatic carbocycles. The highest BCUT2D eigenvalue weighted by molar-refractivity contribution is 6.03. The van der Waals surface area contributed by atoms with Crippen molar-refractivity contribution in [3.63, 3.8) is 0 Å². The molecule has 2 N–H and O–H groups in total. The lowest BCUT2D eigenvalue weighted by Crippen LogP contribution is -2.20. The van der Waals surface area contributed by atoms with Crippen LogP contribution in [0.5, 0.6) is 0 Å². The Morgan fingerprint density at radius 2 is 2.10 bits per heavy atom. The molecule has 1 aromatic heterocycles. The first kappa shape index (κ1) is 12.9. The lowest BCUT2D eigenvalue weighted by Gasteiger charge is -2.23. The van der Waals surface area contributed by atoms with E-state index in [0.717, 1.165) is 48.3 Å². The van der Waals surface area contributed by atoms with Crippen LogP contribution in [-0.2, 0) is 12.8 Å². The van der Waals surface area contributed by atoms with Crippen molar-refractivity contribution in [2.45, 2.75) is 38.5 Å². The average molecular weight is 269 g/mol. The van der Waals surface area contributed by atoms with E-state index in [4.69, 9.17) is 0 Å². The molecule has 20 heavy (non-hydrogen) atoms. The molecule has 0 radical (unpaired) electrons. The molecule has 104 valence electrons. The van der Waals surface area contributed by atoms with E-state index in [1.165, 1.54) is 5.56 Å². The number of aromatic nitrogens is 2. The van der Waals surface area contributed by atoms with E-state index < -0.39 is 0 Å². The summed E-state index contributed by atoms with van der Waals surface area (Å²) in [5.74, 6) is 0.351. The first-order valence-electron chi connectivity index (χ1n) is 7.15. The highest BCUT2D eigenvalue weighted by Gasteiger charge is 2.29. The lowest BCUT2D eigenvalue weighted by molar-refractivity contribution is 0.317. The zero-order chi connectivity index (χ0) is 13.9. The number of H-pyrrole nitrogens is 1. The van der Waals surface area contributed by atoms with Gasteiger partial charge >= 0.3 is 0 Å². The zero-order valence-electron chi connectivity index (χ0n) is 11.6. The summed E-state index contributed by atoms with van der Waals surface area (Å²) >= 11 is 0. The molecule has 1 aliphatic carbocycles. The van der Waals surface area contributed by atoms with Crippen LogP contribution in [0.1, 0.15) is 48.2 Å². The fourth-order valence-electron chi connectivity index (χ4n) is 3.03. The average Bonchev–Trinajstić information content (AvgIpc) is 2.91. The van der Waals surface area contributed by atoms with Crippen LogP contribution in [0.3, 0.4) is 0 Å². The van der Waals surface area contributed by atoms with Crippen LogP contribution in [0, 0.1) is 0 Å². The minimum Gasteiger partial charge on any atom is -0.411 e. The van der Waals surface area contributed by atoms with Crippen LogP contribution in [0.2, 0.25) is 0 Å². The van der Waals surface area contributed by atoms with E-state index in [2.05, 4.69) is 46.5 Å². The number of benzene rings is 1. The third kappa shape index (κ3) is 2.22. The first-order valence-corrected chi connectivity index (χ1v) is 7.15. The highest BCUT2D eigenvalue weighted by Crippen LogP contribution is 2.33. The maximum Gasteiger partial charge on any atom is 0.0911 e. The number of hydrogen-bond acceptors (Lipinski definition) is 3. The Labute approximate surface area is 118 Å². The smallest absolute Gasteiger partial charge is 0.0911 e. The fourth-order valence-corrected chi connectivity index (χ4v) is 3.03. The van der Waals surface area contributed by atoms with Crippen LogP contribution in [0.25, 0.3) is 0 Å². The summed E-state index contributed by atoms with van der Waals surface area (Å²) in [7, 11) is 0. The van der Waals surface area contributed by atoms with Crippen LogP contribution in [0.15, 0.2) is 35.5 Å². The van der Waals surface area contributed by atoms with E-state index in [9.17, 15) is 5.21 Å². The standard InChI is InChI=1S/C16H19N3O/c1-2-6-13-16-14(18-17-13)9-12(10-15(16)19-20)11-7-4-3-5-8-11/h3-5,7-8,12,20H,2,6,9-10H2,1H3,(H,17,18)/b19-15+/t12-/m1/s1. The fraction of sp³-hybridized carbons (Fsp3) is 0.375. The lowest BCUT2D eigenvalue weighted by atomic mass is 9.81. The number of fused-ring (bicyclic) bond motifs is 1. The van der Waals surface area contributed by atoms with Crippen molar-refractivity contribution in [3.05, 3.63) is 52.8 Å². The molecule has 2 aromatic rings. The van der Waals surface area contributed by atoms with Gasteiger partial charge in [-0.3, -0.25) is 5.10 Å². The van der Waals surface area contributed by atoms with E-state index in [1.54, 1.807) is 0 Å². The Morgan fingerprint density at radius 1 is 1.30 bits per heavy atom. The van der Waals surface area contributed by atoms with Gasteiger partial charge in [0.15, 0.2) is 0 Å². The van der Waals surface area contributed by atoms with Crippen LogP contribution < -0.4 is 0 Å². The summed E-state index contributed by atoms with van der Waals surface area (Å²) in [6.07, 6.45) is 3.65. The summed E-state index contributed by atoms with van der Waals surface area (Å²) in [4.78, 5) is 0. The van der Waals surface area contributed by atoms with Crippen molar-refractivity contribution >= 4 is 5.71 Å². The molecule has 0 fully saturated rings. The van der Waals surface area contributed by atoms with Gasteiger partial charge in [-0.15, -0.1) is 0 Å². The summed E-state index contributed by atoms with van der Waals surface area (Å²) in [6, 6.07) is 10.4. The molecule has 0 saturated carbocycles. The minimum absolute atomic E-state index is 0.351. The molecule has 0 spiro atoms. The maximum absolute atomic E-state index is 9.36. The van der Waals surface area contributed by atoms with Gasteiger partial charge in [0.1, 0.15) is 0 Å². The third-order valence-corrected chi connectivity index (χ3v) is 3.97. The summed E-state index contributed by atoms with van der Waals surface area (Å²) in [6.45, 7) is 2.13. The Hall–Kier alpha value is -2.10. The van der Waals surface area contributed by atoms with Gasteiger partial charge in [-0.25, -0.2) is 0 Å². The molecular weight excluding hydrogens is 250 g/mol. The van der Waals surface area contributed by atoms with Gasteiger partial charge in [0.25, 0.3) is 0 Å². The quantitative estimate of drug-likeness (QED) is 0.663. The minimum atomic E-state index is 0.351. The predicted molar refractivity (Wildman–Crippen MR) is 78.4 cm³/mol. The van der Waals surface area contributed by atoms with Crippen molar-refractivity contribution in [2.75, 3.05) is 0 Å². The van der Waals surface area contributed by atoms with E-state index in [-0.39, 0.29) is 0 Å². The van der Waals surface area contributed by atoms with Gasteiger partial charge in [-0.05, 0) is 24.3 Å². The van der Waals surface area contributed by atoms with Crippen molar-refractivity contribution in [1.82, 2.24) is 10.2 Å². The van der Waals surface area contributed by atoms with Gasteiger partial charge in [-0.2, -0.15) is 5.10 Å². The third-order valence-electron chi connectivity index (χ3n) is 3.97. The van der Waals surface area contributed by atoms with Gasteiger partial charge in [0, 0.05) is 17.7 Å². The first-order chi connectivity index (χ1) is 9.83. The van der Waals surface area contributed by atoms with Gasteiger partial charge < -0.3 is 5.21 Å². The molecule has 0 bridgehead atoms. The molecule has 3 rings (SSSR count). The topological polar surface area (TPSA) is 61.3 Å². The van der Waals surface area contributed by atoms with Gasteiger partial charge in [-0.1, -0.05) is 48.8 Å². The largest absolute Gasteiger partial charge is 0.411 e. The van der Waals surface area contributed by atoms with Crippen molar-refractivity contribution < 1.29 is 5.21 Å². The summed E-state index contributed by atoms with van der Waals surface area (Å²) in [5.41, 5.74) is 5.22. The van der Waals surface area contributed by atoms with E-state index in [1.807, 2.05) is 6.07 Å². The Bertz CT molecular complexity index is 616. The van der Waals surface area contributed by atoms with Crippen LogP contribution in [-0.4, -0.2) is 21.1 Å². The number of hydrogen-bond donors (Lipinski definition) is 2. The summed E-state index contributed by atoms with van der Waals surface area (Å²) < 4.78 is 0. The number of aromatic amines is 1. The molecular formula is C16H19N3O. The maximum atomic E-state index is 9.36. The zero-order valence-corrected chi connectivity index (χ0v) is 11.6. The van der Waals surface area contributed by atoms with Crippen LogP contribution in [0.4, 0.5) is 0 Å². The van der Waals surface area contributed by atoms with Gasteiger partial charge in [0.05, 0.1) is 11.4 Å². The molecule has 0 amide bonds. The molecule has 4 heteroatoms. The SMILES string of the molecule is CCCc1n[nH]c2c1/C(=N/O)C[C@H](c1ccccc1)C2.